The molecule has 2 aromatic rings. The summed E-state index contributed by atoms with van der Waals surface area (Å²) in [5.74, 6) is 0.520. The molecule has 0 unspecified atom stereocenters. The molecule has 5 heteroatoms. The number of hydrogen-bond donors (Lipinski definition) is 1. The average Bonchev–Trinajstić information content (AvgIpc) is 2.78. The molecule has 1 heterocycles. The van der Waals surface area contributed by atoms with E-state index in [1.165, 1.54) is 0 Å². The summed E-state index contributed by atoms with van der Waals surface area (Å²) in [6.07, 6.45) is 1.28. The lowest BCUT2D eigenvalue weighted by Crippen LogP contribution is -1.99. The summed E-state index contributed by atoms with van der Waals surface area (Å²) in [4.78, 5) is 14.8. The Morgan fingerprint density at radius 1 is 1.42 bits per heavy atom. The van der Waals surface area contributed by atoms with Crippen LogP contribution in [0.1, 0.15) is 27.7 Å². The predicted octanol–water partition coefficient (Wildman–Crippen LogP) is 2.48. The van der Waals surface area contributed by atoms with Crippen LogP contribution in [0.3, 0.4) is 0 Å². The van der Waals surface area contributed by atoms with Crippen molar-refractivity contribution in [3.63, 3.8) is 0 Å². The van der Waals surface area contributed by atoms with E-state index >= 15 is 0 Å². The van der Waals surface area contributed by atoms with Crippen molar-refractivity contribution in [2.45, 2.75) is 19.8 Å². The van der Waals surface area contributed by atoms with Gasteiger partial charge in [-0.05, 0) is 31.0 Å². The fourth-order valence-electron chi connectivity index (χ4n) is 1.84. The molecule has 0 aliphatic rings. The molecule has 0 radical (unpaired) electrons. The fourth-order valence-corrected chi connectivity index (χ4v) is 1.84. The lowest BCUT2D eigenvalue weighted by atomic mass is 10.1. The van der Waals surface area contributed by atoms with Crippen molar-refractivity contribution in [2.75, 3.05) is 7.11 Å². The minimum Gasteiger partial charge on any atom is -0.497 e. The summed E-state index contributed by atoms with van der Waals surface area (Å²) < 4.78 is 10.5. The van der Waals surface area contributed by atoms with Gasteiger partial charge in [0.15, 0.2) is 11.6 Å². The molecule has 0 aliphatic carbocycles. The third-order valence-electron chi connectivity index (χ3n) is 2.81. The van der Waals surface area contributed by atoms with Gasteiger partial charge in [0, 0.05) is 6.42 Å². The Kier molecular flexibility index (Phi) is 3.85. The van der Waals surface area contributed by atoms with Gasteiger partial charge in [-0.25, -0.2) is 9.78 Å². The van der Waals surface area contributed by atoms with Gasteiger partial charge in [0.1, 0.15) is 11.5 Å². The molecule has 0 saturated heterocycles. The number of methoxy groups -OCH3 is 1. The van der Waals surface area contributed by atoms with Gasteiger partial charge < -0.3 is 14.3 Å². The number of aryl methyl sites for hydroxylation is 3. The van der Waals surface area contributed by atoms with E-state index in [0.29, 0.717) is 18.1 Å². The number of aromatic nitrogens is 1. The predicted molar refractivity (Wildman–Crippen MR) is 68.6 cm³/mol. The average molecular weight is 261 g/mol. The summed E-state index contributed by atoms with van der Waals surface area (Å²) in [5, 5.41) is 8.89. The molecule has 5 nitrogen and oxygen atoms in total. The summed E-state index contributed by atoms with van der Waals surface area (Å²) in [5.41, 5.74) is 1.08. The van der Waals surface area contributed by atoms with Gasteiger partial charge in [0.05, 0.1) is 7.11 Å². The van der Waals surface area contributed by atoms with Gasteiger partial charge in [-0.15, -0.1) is 0 Å². The van der Waals surface area contributed by atoms with Crippen LogP contribution in [0.5, 0.6) is 5.75 Å². The van der Waals surface area contributed by atoms with Crippen molar-refractivity contribution in [1.29, 1.82) is 0 Å². The van der Waals surface area contributed by atoms with Gasteiger partial charge in [0.2, 0.25) is 0 Å². The highest BCUT2D eigenvalue weighted by molar-refractivity contribution is 5.86. The Morgan fingerprint density at radius 2 is 2.21 bits per heavy atom. The van der Waals surface area contributed by atoms with E-state index in [1.54, 1.807) is 14.0 Å². The van der Waals surface area contributed by atoms with E-state index in [2.05, 4.69) is 4.98 Å². The number of benzene rings is 1. The first-order valence-corrected chi connectivity index (χ1v) is 5.92. The molecule has 0 amide bonds. The van der Waals surface area contributed by atoms with Crippen molar-refractivity contribution in [2.24, 2.45) is 0 Å². The Bertz CT molecular complexity index is 589. The number of carboxylic acid groups (broad SMARTS) is 1. The highest BCUT2D eigenvalue weighted by Crippen LogP contribution is 2.16. The summed E-state index contributed by atoms with van der Waals surface area (Å²) >= 11 is 0. The second-order valence-corrected chi connectivity index (χ2v) is 4.17. The van der Waals surface area contributed by atoms with E-state index < -0.39 is 5.97 Å². The number of aromatic carboxylic acids is 1. The molecular formula is C14H15NO4. The number of carbonyl (C=O) groups is 1. The zero-order valence-electron chi connectivity index (χ0n) is 10.8. The van der Waals surface area contributed by atoms with E-state index in [4.69, 9.17) is 14.3 Å². The molecule has 0 fully saturated rings. The van der Waals surface area contributed by atoms with Crippen molar-refractivity contribution in [3.05, 3.63) is 47.2 Å². The van der Waals surface area contributed by atoms with E-state index in [-0.39, 0.29) is 5.69 Å². The zero-order valence-corrected chi connectivity index (χ0v) is 10.8. The third-order valence-corrected chi connectivity index (χ3v) is 2.81. The summed E-state index contributed by atoms with van der Waals surface area (Å²) in [7, 11) is 1.62. The minimum atomic E-state index is -1.06. The van der Waals surface area contributed by atoms with Crippen LogP contribution in [-0.4, -0.2) is 23.2 Å². The Morgan fingerprint density at radius 3 is 2.84 bits per heavy atom. The van der Waals surface area contributed by atoms with Gasteiger partial charge in [-0.3, -0.25) is 0 Å². The van der Waals surface area contributed by atoms with E-state index in [0.717, 1.165) is 17.7 Å². The van der Waals surface area contributed by atoms with E-state index in [9.17, 15) is 4.79 Å². The molecule has 19 heavy (non-hydrogen) atoms. The van der Waals surface area contributed by atoms with Gasteiger partial charge in [-0.2, -0.15) is 0 Å². The molecule has 1 N–H and O–H groups in total. The highest BCUT2D eigenvalue weighted by Gasteiger charge is 2.15. The maximum Gasteiger partial charge on any atom is 0.358 e. The smallest absolute Gasteiger partial charge is 0.358 e. The molecule has 100 valence electrons. The zero-order chi connectivity index (χ0) is 13.8. The third kappa shape index (κ3) is 3.13. The first-order valence-electron chi connectivity index (χ1n) is 5.92. The number of rotatable bonds is 5. The fraction of sp³-hybridized carbons (Fsp3) is 0.286. The monoisotopic (exact) mass is 261 g/mol. The van der Waals surface area contributed by atoms with Crippen LogP contribution in [0.15, 0.2) is 28.7 Å². The summed E-state index contributed by atoms with van der Waals surface area (Å²) in [6, 6.07) is 7.71. The van der Waals surface area contributed by atoms with Crippen LogP contribution in [0.4, 0.5) is 0 Å². The number of oxazole rings is 1. The first-order chi connectivity index (χ1) is 9.10. The molecule has 0 spiro atoms. The summed E-state index contributed by atoms with van der Waals surface area (Å²) in [6.45, 7) is 1.60. The number of hydrogen-bond acceptors (Lipinski definition) is 4. The van der Waals surface area contributed by atoms with E-state index in [1.807, 2.05) is 24.3 Å². The van der Waals surface area contributed by atoms with Crippen molar-refractivity contribution in [3.8, 4) is 5.75 Å². The van der Waals surface area contributed by atoms with Gasteiger partial charge in [0.25, 0.3) is 0 Å². The second-order valence-electron chi connectivity index (χ2n) is 4.17. The normalized spacial score (nSPS) is 10.4. The number of nitrogens with zero attached hydrogens (tertiary/aromatic N) is 1. The maximum absolute atomic E-state index is 10.9. The molecule has 1 aromatic heterocycles. The standard InChI is InChI=1S/C14H15NO4/c1-9-13(14(16)17)15-12(19-9)7-6-10-4-3-5-11(8-10)18-2/h3-5,8H,6-7H2,1-2H3,(H,16,17). The lowest BCUT2D eigenvalue weighted by molar-refractivity contribution is 0.0689. The van der Waals surface area contributed by atoms with Crippen LogP contribution in [0.25, 0.3) is 0 Å². The van der Waals surface area contributed by atoms with Crippen LogP contribution >= 0.6 is 0 Å². The van der Waals surface area contributed by atoms with Crippen molar-refractivity contribution in [1.82, 2.24) is 4.98 Å². The molecule has 0 bridgehead atoms. The quantitative estimate of drug-likeness (QED) is 0.895. The second kappa shape index (κ2) is 5.56. The SMILES string of the molecule is COc1cccc(CCc2nc(C(=O)O)c(C)o2)c1. The lowest BCUT2D eigenvalue weighted by Gasteiger charge is -2.02. The molecule has 0 saturated carbocycles. The van der Waals surface area contributed by atoms with Crippen LogP contribution in [0, 0.1) is 6.92 Å². The highest BCUT2D eigenvalue weighted by atomic mass is 16.5. The topological polar surface area (TPSA) is 72.6 Å². The first kappa shape index (κ1) is 13.1. The molecular weight excluding hydrogens is 246 g/mol. The Hall–Kier alpha value is -2.30. The van der Waals surface area contributed by atoms with Crippen LogP contribution < -0.4 is 4.74 Å². The molecule has 1 aromatic carbocycles. The minimum absolute atomic E-state index is 0.0133. The number of carboxylic acids is 1. The van der Waals surface area contributed by atoms with Crippen molar-refractivity contribution >= 4 is 5.97 Å². The molecule has 0 atom stereocenters. The molecule has 0 aliphatic heterocycles. The largest absolute Gasteiger partial charge is 0.497 e. The van der Waals surface area contributed by atoms with Crippen molar-refractivity contribution < 1.29 is 19.1 Å². The van der Waals surface area contributed by atoms with Crippen LogP contribution in [-0.2, 0) is 12.8 Å². The Balaban J connectivity index is 2.06. The van der Waals surface area contributed by atoms with Gasteiger partial charge >= 0.3 is 5.97 Å². The molecule has 2 rings (SSSR count). The van der Waals surface area contributed by atoms with Crippen LogP contribution in [0.2, 0.25) is 0 Å². The van der Waals surface area contributed by atoms with Gasteiger partial charge in [-0.1, -0.05) is 12.1 Å². The maximum atomic E-state index is 10.9. The number of ether oxygens (including phenoxy) is 1. The Labute approximate surface area is 110 Å².